The molecule has 1 aromatic rings. The highest BCUT2D eigenvalue weighted by molar-refractivity contribution is 7.99. The number of anilines is 1. The van der Waals surface area contributed by atoms with Gasteiger partial charge in [-0.25, -0.2) is 0 Å². The molecule has 0 aliphatic heterocycles. The highest BCUT2D eigenvalue weighted by Gasteiger charge is 2.10. The van der Waals surface area contributed by atoms with Crippen molar-refractivity contribution in [3.63, 3.8) is 0 Å². The third-order valence-electron chi connectivity index (χ3n) is 2.16. The van der Waals surface area contributed by atoms with Gasteiger partial charge in [-0.05, 0) is 17.9 Å². The first-order valence-electron chi connectivity index (χ1n) is 5.05. The molecule has 0 N–H and O–H groups in total. The monoisotopic (exact) mass is 230 g/mol. The van der Waals surface area contributed by atoms with Gasteiger partial charge >= 0.3 is 0 Å². The summed E-state index contributed by atoms with van der Waals surface area (Å²) in [6, 6.07) is 8.12. The molecule has 3 heteroatoms. The lowest BCUT2D eigenvalue weighted by Crippen LogP contribution is -2.18. The van der Waals surface area contributed by atoms with E-state index in [-0.39, 0.29) is 0 Å². The number of nitrogens with zero attached hydrogens (tertiary/aromatic N) is 2. The van der Waals surface area contributed by atoms with Crippen LogP contribution in [0, 0.1) is 23.7 Å². The van der Waals surface area contributed by atoms with Crippen LogP contribution in [0.2, 0.25) is 0 Å². The Hall–Kier alpha value is -1.58. The highest BCUT2D eigenvalue weighted by Crippen LogP contribution is 2.29. The second-order valence-corrected chi connectivity index (χ2v) is 4.56. The minimum Gasteiger partial charge on any atom is -0.362 e. The predicted octanol–water partition coefficient (Wildman–Crippen LogP) is 2.74. The summed E-state index contributed by atoms with van der Waals surface area (Å²) >= 11 is 1.68. The smallest absolute Gasteiger partial charge is 0.103 e. The topological polar surface area (TPSA) is 27.0 Å². The number of hydrogen-bond donors (Lipinski definition) is 0. The summed E-state index contributed by atoms with van der Waals surface area (Å²) in [6.45, 7) is 2.58. The van der Waals surface area contributed by atoms with Crippen LogP contribution in [0.1, 0.15) is 12.5 Å². The quantitative estimate of drug-likeness (QED) is 0.588. The number of thioether (sulfide) groups is 1. The lowest BCUT2D eigenvalue weighted by Gasteiger charge is -2.18. The van der Waals surface area contributed by atoms with Crippen molar-refractivity contribution in [3.8, 4) is 18.4 Å². The van der Waals surface area contributed by atoms with Crippen molar-refractivity contribution < 1.29 is 0 Å². The van der Waals surface area contributed by atoms with Crippen LogP contribution in [0.4, 0.5) is 5.69 Å². The molecule has 0 unspecified atom stereocenters. The van der Waals surface area contributed by atoms with Gasteiger partial charge in [0.15, 0.2) is 0 Å². The molecule has 1 rings (SSSR count). The normalized spacial score (nSPS) is 9.25. The summed E-state index contributed by atoms with van der Waals surface area (Å²) in [4.78, 5) is 2.93. The maximum Gasteiger partial charge on any atom is 0.103 e. The van der Waals surface area contributed by atoms with Crippen LogP contribution in [0.5, 0.6) is 0 Å². The first kappa shape index (κ1) is 12.5. The molecule has 1 aromatic carbocycles. The van der Waals surface area contributed by atoms with Crippen molar-refractivity contribution >= 4 is 17.4 Å². The van der Waals surface area contributed by atoms with Crippen LogP contribution in [0.3, 0.4) is 0 Å². The van der Waals surface area contributed by atoms with Gasteiger partial charge in [-0.2, -0.15) is 5.26 Å². The fourth-order valence-electron chi connectivity index (χ4n) is 1.45. The molecule has 0 atom stereocenters. The average Bonchev–Trinajstić information content (AvgIpc) is 2.29. The first-order chi connectivity index (χ1) is 7.74. The largest absolute Gasteiger partial charge is 0.362 e. The summed E-state index contributed by atoms with van der Waals surface area (Å²) in [5, 5.41) is 9.20. The Morgan fingerprint density at radius 1 is 1.50 bits per heavy atom. The SMILES string of the molecule is C#CCN(C)c1cccc(SCC)c1C#N. The van der Waals surface area contributed by atoms with E-state index in [9.17, 15) is 5.26 Å². The Morgan fingerprint density at radius 2 is 2.25 bits per heavy atom. The summed E-state index contributed by atoms with van der Waals surface area (Å²) in [5.74, 6) is 3.53. The maximum absolute atomic E-state index is 9.20. The summed E-state index contributed by atoms with van der Waals surface area (Å²) < 4.78 is 0. The highest BCUT2D eigenvalue weighted by atomic mass is 32.2. The molecular weight excluding hydrogens is 216 g/mol. The Balaban J connectivity index is 3.15. The van der Waals surface area contributed by atoms with Gasteiger partial charge in [0.25, 0.3) is 0 Å². The molecular formula is C13H14N2S. The van der Waals surface area contributed by atoms with Crippen molar-refractivity contribution in [2.75, 3.05) is 24.2 Å². The second-order valence-electron chi connectivity index (χ2n) is 3.26. The lowest BCUT2D eigenvalue weighted by molar-refractivity contribution is 1.04. The number of benzene rings is 1. The van der Waals surface area contributed by atoms with Gasteiger partial charge in [0.2, 0.25) is 0 Å². The van der Waals surface area contributed by atoms with E-state index < -0.39 is 0 Å². The standard InChI is InChI=1S/C13H14N2S/c1-4-9-15(3)12-7-6-8-13(16-5-2)11(12)10-14/h1,6-8H,5,9H2,2-3H3. The van der Waals surface area contributed by atoms with E-state index in [2.05, 4.69) is 18.9 Å². The Kier molecular flexibility index (Phi) is 4.76. The minimum absolute atomic E-state index is 0.509. The summed E-state index contributed by atoms with van der Waals surface area (Å²) in [5.41, 5.74) is 1.62. The molecule has 0 heterocycles. The number of hydrogen-bond acceptors (Lipinski definition) is 3. The van der Waals surface area contributed by atoms with Gasteiger partial charge in [0.05, 0.1) is 17.8 Å². The fraction of sp³-hybridized carbons (Fsp3) is 0.308. The molecule has 82 valence electrons. The molecule has 0 aliphatic carbocycles. The van der Waals surface area contributed by atoms with Crippen LogP contribution in [-0.4, -0.2) is 19.3 Å². The van der Waals surface area contributed by atoms with E-state index in [0.29, 0.717) is 12.1 Å². The minimum atomic E-state index is 0.509. The predicted molar refractivity (Wildman–Crippen MR) is 69.7 cm³/mol. The van der Waals surface area contributed by atoms with E-state index in [1.54, 1.807) is 11.8 Å². The van der Waals surface area contributed by atoms with Gasteiger partial charge in [0.1, 0.15) is 6.07 Å². The number of terminal acetylenes is 1. The number of rotatable bonds is 4. The van der Waals surface area contributed by atoms with Gasteiger partial charge in [0, 0.05) is 11.9 Å². The zero-order valence-corrected chi connectivity index (χ0v) is 10.3. The molecule has 0 spiro atoms. The van der Waals surface area contributed by atoms with Gasteiger partial charge in [-0.3, -0.25) is 0 Å². The van der Waals surface area contributed by atoms with Crippen LogP contribution >= 0.6 is 11.8 Å². The van der Waals surface area contributed by atoms with Crippen LogP contribution in [0.15, 0.2) is 23.1 Å². The lowest BCUT2D eigenvalue weighted by atomic mass is 10.2. The van der Waals surface area contributed by atoms with Gasteiger partial charge in [-0.15, -0.1) is 18.2 Å². The van der Waals surface area contributed by atoms with Crippen LogP contribution in [0.25, 0.3) is 0 Å². The Labute approximate surface area is 101 Å². The zero-order valence-electron chi connectivity index (χ0n) is 9.53. The van der Waals surface area contributed by atoms with Crippen molar-refractivity contribution in [1.29, 1.82) is 5.26 Å². The molecule has 0 amide bonds. The second kappa shape index (κ2) is 6.10. The molecule has 0 aromatic heterocycles. The fourth-order valence-corrected chi connectivity index (χ4v) is 2.23. The van der Waals surface area contributed by atoms with Crippen molar-refractivity contribution in [3.05, 3.63) is 23.8 Å². The molecule has 0 radical (unpaired) electrons. The third kappa shape index (κ3) is 2.72. The molecule has 0 aliphatic rings. The van der Waals surface area contributed by atoms with Gasteiger partial charge < -0.3 is 4.90 Å². The van der Waals surface area contributed by atoms with E-state index in [4.69, 9.17) is 6.42 Å². The van der Waals surface area contributed by atoms with E-state index in [1.165, 1.54) is 0 Å². The molecule has 2 nitrogen and oxygen atoms in total. The molecule has 16 heavy (non-hydrogen) atoms. The molecule has 0 bridgehead atoms. The maximum atomic E-state index is 9.20. The Bertz CT molecular complexity index is 440. The van der Waals surface area contributed by atoms with Crippen LogP contribution in [-0.2, 0) is 0 Å². The molecule has 0 fully saturated rings. The summed E-state index contributed by atoms with van der Waals surface area (Å²) in [6.07, 6.45) is 5.28. The van der Waals surface area contributed by atoms with Gasteiger partial charge in [-0.1, -0.05) is 18.9 Å². The van der Waals surface area contributed by atoms with E-state index >= 15 is 0 Å². The van der Waals surface area contributed by atoms with Crippen molar-refractivity contribution in [2.45, 2.75) is 11.8 Å². The Morgan fingerprint density at radius 3 is 2.81 bits per heavy atom. The van der Waals surface area contributed by atoms with Crippen LogP contribution < -0.4 is 4.90 Å². The molecule has 0 saturated carbocycles. The number of nitriles is 1. The van der Waals surface area contributed by atoms with E-state index in [0.717, 1.165) is 16.3 Å². The van der Waals surface area contributed by atoms with Crippen molar-refractivity contribution in [2.24, 2.45) is 0 Å². The van der Waals surface area contributed by atoms with E-state index in [1.807, 2.05) is 30.1 Å². The zero-order chi connectivity index (χ0) is 12.0. The van der Waals surface area contributed by atoms with Crippen molar-refractivity contribution in [1.82, 2.24) is 0 Å². The molecule has 0 saturated heterocycles. The average molecular weight is 230 g/mol. The third-order valence-corrected chi connectivity index (χ3v) is 3.10. The first-order valence-corrected chi connectivity index (χ1v) is 6.03. The summed E-state index contributed by atoms with van der Waals surface area (Å²) in [7, 11) is 1.90.